The highest BCUT2D eigenvalue weighted by atomic mass is 16.5. The first kappa shape index (κ1) is 12.9. The maximum atomic E-state index is 11.7. The molecule has 20 heavy (non-hydrogen) atoms. The maximum absolute atomic E-state index is 11.7. The molecule has 1 aliphatic heterocycles. The van der Waals surface area contributed by atoms with E-state index in [9.17, 15) is 4.79 Å². The summed E-state index contributed by atoms with van der Waals surface area (Å²) in [6, 6.07) is 9.68. The normalized spacial score (nSPS) is 18.9. The highest BCUT2D eigenvalue weighted by Crippen LogP contribution is 2.19. The van der Waals surface area contributed by atoms with Crippen molar-refractivity contribution >= 4 is 23.0 Å². The summed E-state index contributed by atoms with van der Waals surface area (Å²) in [6.07, 6.45) is 5.44. The summed E-state index contributed by atoms with van der Waals surface area (Å²) in [7, 11) is 0. The number of nitrogens with one attached hydrogen (secondary N) is 1. The average molecular weight is 271 g/mol. The van der Waals surface area contributed by atoms with E-state index >= 15 is 0 Å². The summed E-state index contributed by atoms with van der Waals surface area (Å²) in [4.78, 5) is 11.7. The van der Waals surface area contributed by atoms with Crippen molar-refractivity contribution in [2.45, 2.75) is 18.9 Å². The fourth-order valence-corrected chi connectivity index (χ4v) is 2.32. The smallest absolute Gasteiger partial charge is 0.244 e. The second-order valence-corrected chi connectivity index (χ2v) is 4.90. The zero-order valence-corrected chi connectivity index (χ0v) is 11.2. The minimum atomic E-state index is -0.124. The van der Waals surface area contributed by atoms with Crippen molar-refractivity contribution in [1.82, 2.24) is 5.32 Å². The minimum Gasteiger partial charge on any atom is -0.457 e. The number of carbonyl (C=O) groups is 1. The lowest BCUT2D eigenvalue weighted by Crippen LogP contribution is -2.30. The number of ether oxygens (including phenoxy) is 1. The molecule has 0 unspecified atom stereocenters. The number of amides is 1. The van der Waals surface area contributed by atoms with Gasteiger partial charge in [-0.2, -0.15) is 0 Å². The van der Waals surface area contributed by atoms with E-state index < -0.39 is 0 Å². The van der Waals surface area contributed by atoms with Gasteiger partial charge in [0, 0.05) is 24.6 Å². The van der Waals surface area contributed by atoms with Crippen molar-refractivity contribution in [3.05, 3.63) is 42.2 Å². The highest BCUT2D eigenvalue weighted by molar-refractivity contribution is 5.92. The van der Waals surface area contributed by atoms with Crippen molar-refractivity contribution in [2.24, 2.45) is 0 Å². The first-order chi connectivity index (χ1) is 9.81. The second kappa shape index (κ2) is 5.92. The van der Waals surface area contributed by atoms with Crippen LogP contribution in [0.25, 0.3) is 17.0 Å². The van der Waals surface area contributed by atoms with Crippen LogP contribution in [0.5, 0.6) is 0 Å². The van der Waals surface area contributed by atoms with E-state index in [1.54, 1.807) is 6.08 Å². The van der Waals surface area contributed by atoms with E-state index in [2.05, 4.69) is 5.32 Å². The lowest BCUT2D eigenvalue weighted by atomic mass is 10.2. The van der Waals surface area contributed by atoms with Crippen LogP contribution in [0.1, 0.15) is 18.6 Å². The predicted molar refractivity (Wildman–Crippen MR) is 77.2 cm³/mol. The molecule has 3 rings (SSSR count). The zero-order chi connectivity index (χ0) is 13.8. The topological polar surface area (TPSA) is 51.5 Å². The zero-order valence-electron chi connectivity index (χ0n) is 11.2. The van der Waals surface area contributed by atoms with E-state index in [1.165, 1.54) is 6.08 Å². The van der Waals surface area contributed by atoms with Gasteiger partial charge in [-0.25, -0.2) is 0 Å². The molecule has 1 atom stereocenters. The Morgan fingerprint density at radius 3 is 3.10 bits per heavy atom. The molecule has 1 aromatic heterocycles. The van der Waals surface area contributed by atoms with E-state index in [0.717, 1.165) is 30.4 Å². The molecule has 0 spiro atoms. The van der Waals surface area contributed by atoms with Crippen LogP contribution in [0.4, 0.5) is 0 Å². The first-order valence-corrected chi connectivity index (χ1v) is 6.87. The molecule has 0 radical (unpaired) electrons. The Hall–Kier alpha value is -2.07. The van der Waals surface area contributed by atoms with Crippen molar-refractivity contribution in [2.75, 3.05) is 13.2 Å². The number of hydrogen-bond donors (Lipinski definition) is 1. The van der Waals surface area contributed by atoms with Gasteiger partial charge in [0.05, 0.1) is 6.10 Å². The fourth-order valence-electron chi connectivity index (χ4n) is 2.32. The predicted octanol–water partition coefficient (Wildman–Crippen LogP) is 2.74. The van der Waals surface area contributed by atoms with Crippen LogP contribution in [-0.2, 0) is 9.53 Å². The van der Waals surface area contributed by atoms with Crippen LogP contribution >= 0.6 is 0 Å². The van der Waals surface area contributed by atoms with Crippen molar-refractivity contribution < 1.29 is 13.9 Å². The van der Waals surface area contributed by atoms with Crippen molar-refractivity contribution in [1.29, 1.82) is 0 Å². The number of hydrogen-bond acceptors (Lipinski definition) is 3. The molecule has 2 heterocycles. The Bertz CT molecular complexity index is 590. The molecule has 0 bridgehead atoms. The van der Waals surface area contributed by atoms with Gasteiger partial charge in [-0.05, 0) is 31.1 Å². The van der Waals surface area contributed by atoms with Crippen LogP contribution < -0.4 is 5.32 Å². The molecule has 1 N–H and O–H groups in total. The standard InChI is InChI=1S/C16H17NO3/c18-16(17-11-14-5-3-9-19-14)8-7-13-10-12-4-1-2-6-15(12)20-13/h1-2,4,6-8,10,14H,3,5,9,11H2,(H,17,18)/b8-7-/t14-/m1/s1. The third kappa shape index (κ3) is 3.08. The molecule has 1 fully saturated rings. The van der Waals surface area contributed by atoms with E-state index in [0.29, 0.717) is 12.3 Å². The van der Waals surface area contributed by atoms with Crippen LogP contribution in [0.15, 0.2) is 40.8 Å². The van der Waals surface area contributed by atoms with Gasteiger partial charge in [-0.1, -0.05) is 18.2 Å². The number of para-hydroxylation sites is 1. The van der Waals surface area contributed by atoms with Crippen LogP contribution in [0, 0.1) is 0 Å². The molecule has 4 nitrogen and oxygen atoms in total. The second-order valence-electron chi connectivity index (χ2n) is 4.90. The first-order valence-electron chi connectivity index (χ1n) is 6.87. The number of fused-ring (bicyclic) bond motifs is 1. The number of rotatable bonds is 4. The molecule has 2 aromatic rings. The van der Waals surface area contributed by atoms with Crippen molar-refractivity contribution in [3.63, 3.8) is 0 Å². The van der Waals surface area contributed by atoms with Gasteiger partial charge in [0.15, 0.2) is 0 Å². The highest BCUT2D eigenvalue weighted by Gasteiger charge is 2.15. The Morgan fingerprint density at radius 1 is 1.40 bits per heavy atom. The Balaban J connectivity index is 1.56. The van der Waals surface area contributed by atoms with Gasteiger partial charge in [0.25, 0.3) is 0 Å². The molecule has 104 valence electrons. The summed E-state index contributed by atoms with van der Waals surface area (Å²) in [6.45, 7) is 1.37. The SMILES string of the molecule is O=C(/C=C\c1cc2ccccc2o1)NC[C@H]1CCCO1. The lowest BCUT2D eigenvalue weighted by molar-refractivity contribution is -0.116. The lowest BCUT2D eigenvalue weighted by Gasteiger charge is -2.08. The van der Waals surface area contributed by atoms with Gasteiger partial charge in [0.2, 0.25) is 5.91 Å². The third-order valence-electron chi connectivity index (χ3n) is 3.37. The molecule has 1 amide bonds. The van der Waals surface area contributed by atoms with Gasteiger partial charge in [-0.3, -0.25) is 4.79 Å². The van der Waals surface area contributed by atoms with Crippen LogP contribution in [-0.4, -0.2) is 25.2 Å². The molecule has 0 saturated carbocycles. The average Bonchev–Trinajstić information content (AvgIpc) is 3.11. The molecule has 0 aliphatic carbocycles. The van der Waals surface area contributed by atoms with Gasteiger partial charge in [-0.15, -0.1) is 0 Å². The van der Waals surface area contributed by atoms with Gasteiger partial charge >= 0.3 is 0 Å². The fraction of sp³-hybridized carbons (Fsp3) is 0.312. The number of benzene rings is 1. The van der Waals surface area contributed by atoms with Crippen molar-refractivity contribution in [3.8, 4) is 0 Å². The molecule has 1 saturated heterocycles. The van der Waals surface area contributed by atoms with Crippen LogP contribution in [0.3, 0.4) is 0 Å². The molecular formula is C16H17NO3. The quantitative estimate of drug-likeness (QED) is 0.870. The molecule has 4 heteroatoms. The van der Waals surface area contributed by atoms with E-state index in [4.69, 9.17) is 9.15 Å². The van der Waals surface area contributed by atoms with Gasteiger partial charge < -0.3 is 14.5 Å². The minimum absolute atomic E-state index is 0.124. The molecule has 1 aromatic carbocycles. The van der Waals surface area contributed by atoms with Gasteiger partial charge in [0.1, 0.15) is 11.3 Å². The summed E-state index contributed by atoms with van der Waals surface area (Å²) in [5.41, 5.74) is 0.826. The largest absolute Gasteiger partial charge is 0.457 e. The monoisotopic (exact) mass is 271 g/mol. The molecular weight excluding hydrogens is 254 g/mol. The summed E-state index contributed by atoms with van der Waals surface area (Å²) < 4.78 is 11.1. The number of furan rings is 1. The Morgan fingerprint density at radius 2 is 2.30 bits per heavy atom. The Kier molecular flexibility index (Phi) is 3.83. The summed E-state index contributed by atoms with van der Waals surface area (Å²) in [5, 5.41) is 3.87. The van der Waals surface area contributed by atoms with Crippen LogP contribution in [0.2, 0.25) is 0 Å². The number of carbonyl (C=O) groups excluding carboxylic acids is 1. The summed E-state index contributed by atoms with van der Waals surface area (Å²) >= 11 is 0. The summed E-state index contributed by atoms with van der Waals surface area (Å²) in [5.74, 6) is 0.555. The molecule has 1 aliphatic rings. The van der Waals surface area contributed by atoms with E-state index in [1.807, 2.05) is 30.3 Å². The van der Waals surface area contributed by atoms with E-state index in [-0.39, 0.29) is 12.0 Å². The third-order valence-corrected chi connectivity index (χ3v) is 3.37. The Labute approximate surface area is 117 Å². The maximum Gasteiger partial charge on any atom is 0.244 e.